The fraction of sp³-hybridized carbons (Fsp3) is 0.0833. The van der Waals surface area contributed by atoms with Gasteiger partial charge < -0.3 is 14.5 Å². The van der Waals surface area contributed by atoms with Crippen molar-refractivity contribution >= 4 is 39.9 Å². The van der Waals surface area contributed by atoms with E-state index in [0.29, 0.717) is 38.7 Å². The van der Waals surface area contributed by atoms with Crippen molar-refractivity contribution in [1.82, 2.24) is 0 Å². The molecule has 0 aliphatic heterocycles. The zero-order valence-electron chi connectivity index (χ0n) is 16.4. The molecule has 0 aliphatic rings. The summed E-state index contributed by atoms with van der Waals surface area (Å²) in [5.41, 5.74) is 2.75. The Kier molecular flexibility index (Phi) is 5.29. The highest BCUT2D eigenvalue weighted by atomic mass is 35.5. The van der Waals surface area contributed by atoms with Gasteiger partial charge in [-0.2, -0.15) is 0 Å². The summed E-state index contributed by atoms with van der Waals surface area (Å²) < 4.78 is 11.0. The van der Waals surface area contributed by atoms with E-state index in [4.69, 9.17) is 20.8 Å². The third-order valence-electron chi connectivity index (χ3n) is 4.87. The van der Waals surface area contributed by atoms with Crippen molar-refractivity contribution in [1.29, 1.82) is 0 Å². The van der Waals surface area contributed by atoms with Gasteiger partial charge >= 0.3 is 0 Å². The number of hydrogen-bond acceptors (Lipinski definition) is 4. The maximum atomic E-state index is 12.9. The molecule has 0 saturated carbocycles. The first-order valence-corrected chi connectivity index (χ1v) is 9.63. The van der Waals surface area contributed by atoms with Crippen molar-refractivity contribution in [3.8, 4) is 5.75 Å². The number of carbonyl (C=O) groups excluding carboxylic acids is 2. The molecule has 4 rings (SSSR count). The van der Waals surface area contributed by atoms with Crippen LogP contribution in [0.1, 0.15) is 32.0 Å². The van der Waals surface area contributed by atoms with Crippen molar-refractivity contribution in [2.45, 2.75) is 6.92 Å². The van der Waals surface area contributed by atoms with Crippen LogP contribution in [-0.2, 0) is 0 Å². The summed E-state index contributed by atoms with van der Waals surface area (Å²) in [5, 5.41) is 3.97. The molecule has 1 N–H and O–H groups in total. The lowest BCUT2D eigenvalue weighted by molar-refractivity contribution is 0.101. The molecule has 1 heterocycles. The smallest absolute Gasteiger partial charge is 0.257 e. The van der Waals surface area contributed by atoms with Gasteiger partial charge in [0.15, 0.2) is 5.76 Å². The molecule has 150 valence electrons. The number of methoxy groups -OCH3 is 1. The summed E-state index contributed by atoms with van der Waals surface area (Å²) >= 11 is 6.10. The lowest BCUT2D eigenvalue weighted by Crippen LogP contribution is -2.12. The molecule has 0 radical (unpaired) electrons. The highest BCUT2D eigenvalue weighted by Gasteiger charge is 2.20. The Morgan fingerprint density at radius 1 is 1.00 bits per heavy atom. The fourth-order valence-corrected chi connectivity index (χ4v) is 3.45. The first kappa shape index (κ1) is 19.7. The first-order chi connectivity index (χ1) is 14.5. The van der Waals surface area contributed by atoms with Gasteiger partial charge in [0.2, 0.25) is 5.78 Å². The lowest BCUT2D eigenvalue weighted by Gasteiger charge is -2.06. The van der Waals surface area contributed by atoms with Gasteiger partial charge in [-0.15, -0.1) is 0 Å². The third kappa shape index (κ3) is 3.67. The summed E-state index contributed by atoms with van der Waals surface area (Å²) in [7, 11) is 1.57. The number of ether oxygens (including phenoxy) is 1. The lowest BCUT2D eigenvalue weighted by atomic mass is 10.0. The molecule has 6 heteroatoms. The fourth-order valence-electron chi connectivity index (χ4n) is 3.23. The first-order valence-electron chi connectivity index (χ1n) is 9.25. The topological polar surface area (TPSA) is 68.5 Å². The highest BCUT2D eigenvalue weighted by molar-refractivity contribution is 6.34. The Morgan fingerprint density at radius 2 is 1.73 bits per heavy atom. The molecule has 0 unspecified atom stereocenters. The van der Waals surface area contributed by atoms with Crippen LogP contribution in [0, 0.1) is 6.92 Å². The molecule has 3 aromatic carbocycles. The van der Waals surface area contributed by atoms with Crippen LogP contribution in [0.4, 0.5) is 5.69 Å². The normalized spacial score (nSPS) is 10.8. The molecule has 0 atom stereocenters. The molecular formula is C24H18ClNO4. The Balaban J connectivity index is 1.64. The van der Waals surface area contributed by atoms with E-state index in [1.54, 1.807) is 73.8 Å². The SMILES string of the molecule is COc1ccc(C(=O)c2oc3ccc(NC(=O)c4ccccc4Cl)cc3c2C)cc1. The Morgan fingerprint density at radius 3 is 2.43 bits per heavy atom. The van der Waals surface area contributed by atoms with Gasteiger partial charge in [0.05, 0.1) is 17.7 Å². The Labute approximate surface area is 178 Å². The standard InChI is InChI=1S/C24H18ClNO4/c1-14-19-13-16(26-24(28)18-5-3-4-6-20(18)25)9-12-21(19)30-23(14)22(27)15-7-10-17(29-2)11-8-15/h3-13H,1-2H3,(H,26,28). The molecule has 1 amide bonds. The van der Waals surface area contributed by atoms with Crippen LogP contribution in [0.3, 0.4) is 0 Å². The number of amides is 1. The van der Waals surface area contributed by atoms with Crippen LogP contribution < -0.4 is 10.1 Å². The van der Waals surface area contributed by atoms with Crippen molar-refractivity contribution in [2.75, 3.05) is 12.4 Å². The second-order valence-corrected chi connectivity index (χ2v) is 7.17. The molecular weight excluding hydrogens is 402 g/mol. The van der Waals surface area contributed by atoms with Crippen LogP contribution in [0.2, 0.25) is 5.02 Å². The maximum absolute atomic E-state index is 12.9. The summed E-state index contributed by atoms with van der Waals surface area (Å²) in [4.78, 5) is 25.4. The summed E-state index contributed by atoms with van der Waals surface area (Å²) in [6, 6.07) is 18.9. The second kappa shape index (κ2) is 8.05. The summed E-state index contributed by atoms with van der Waals surface area (Å²) in [6.07, 6.45) is 0. The zero-order valence-corrected chi connectivity index (χ0v) is 17.1. The molecule has 0 bridgehead atoms. The largest absolute Gasteiger partial charge is 0.497 e. The van der Waals surface area contributed by atoms with Crippen LogP contribution in [-0.4, -0.2) is 18.8 Å². The van der Waals surface area contributed by atoms with Crippen molar-refractivity contribution < 1.29 is 18.7 Å². The predicted molar refractivity (Wildman–Crippen MR) is 117 cm³/mol. The Hall–Kier alpha value is -3.57. The molecule has 0 fully saturated rings. The van der Waals surface area contributed by atoms with Crippen molar-refractivity contribution in [2.24, 2.45) is 0 Å². The number of aryl methyl sites for hydroxylation is 1. The number of fused-ring (bicyclic) bond motifs is 1. The number of halogens is 1. The number of furan rings is 1. The van der Waals surface area contributed by atoms with Gasteiger partial charge in [-0.25, -0.2) is 0 Å². The number of hydrogen-bond donors (Lipinski definition) is 1. The minimum atomic E-state index is -0.310. The average molecular weight is 420 g/mol. The van der Waals surface area contributed by atoms with Gasteiger partial charge in [-0.3, -0.25) is 9.59 Å². The van der Waals surface area contributed by atoms with Gasteiger partial charge in [0, 0.05) is 22.2 Å². The van der Waals surface area contributed by atoms with E-state index in [2.05, 4.69) is 5.32 Å². The Bertz CT molecular complexity index is 1260. The number of rotatable bonds is 5. The van der Waals surface area contributed by atoms with E-state index in [0.717, 1.165) is 5.39 Å². The number of ketones is 1. The third-order valence-corrected chi connectivity index (χ3v) is 5.20. The van der Waals surface area contributed by atoms with E-state index in [1.165, 1.54) is 0 Å². The number of benzene rings is 3. The molecule has 1 aromatic heterocycles. The van der Waals surface area contributed by atoms with E-state index in [9.17, 15) is 9.59 Å². The maximum Gasteiger partial charge on any atom is 0.257 e. The van der Waals surface area contributed by atoms with Crippen LogP contribution in [0.15, 0.2) is 71.1 Å². The number of anilines is 1. The minimum absolute atomic E-state index is 0.215. The van der Waals surface area contributed by atoms with E-state index < -0.39 is 0 Å². The molecule has 30 heavy (non-hydrogen) atoms. The van der Waals surface area contributed by atoms with Crippen LogP contribution in [0.5, 0.6) is 5.75 Å². The summed E-state index contributed by atoms with van der Waals surface area (Å²) in [5.74, 6) is 0.417. The van der Waals surface area contributed by atoms with Crippen molar-refractivity contribution in [3.63, 3.8) is 0 Å². The van der Waals surface area contributed by atoms with Gasteiger partial charge in [-0.05, 0) is 61.5 Å². The van der Waals surface area contributed by atoms with E-state index in [-0.39, 0.29) is 17.5 Å². The zero-order chi connectivity index (χ0) is 21.3. The molecule has 0 saturated heterocycles. The van der Waals surface area contributed by atoms with Gasteiger partial charge in [-0.1, -0.05) is 23.7 Å². The summed E-state index contributed by atoms with van der Waals surface area (Å²) in [6.45, 7) is 1.82. The van der Waals surface area contributed by atoms with E-state index >= 15 is 0 Å². The molecule has 5 nitrogen and oxygen atoms in total. The highest BCUT2D eigenvalue weighted by Crippen LogP contribution is 2.30. The van der Waals surface area contributed by atoms with Crippen LogP contribution in [0.25, 0.3) is 11.0 Å². The molecule has 0 spiro atoms. The predicted octanol–water partition coefficient (Wildman–Crippen LogP) is 5.89. The van der Waals surface area contributed by atoms with Gasteiger partial charge in [0.25, 0.3) is 5.91 Å². The van der Waals surface area contributed by atoms with Gasteiger partial charge in [0.1, 0.15) is 11.3 Å². The average Bonchev–Trinajstić information content (AvgIpc) is 3.09. The van der Waals surface area contributed by atoms with Crippen molar-refractivity contribution in [3.05, 3.63) is 94.2 Å². The van der Waals surface area contributed by atoms with Crippen LogP contribution >= 0.6 is 11.6 Å². The quantitative estimate of drug-likeness (QED) is 0.410. The number of nitrogens with one attached hydrogen (secondary N) is 1. The monoisotopic (exact) mass is 419 g/mol. The van der Waals surface area contributed by atoms with E-state index in [1.807, 2.05) is 6.92 Å². The minimum Gasteiger partial charge on any atom is -0.497 e. The second-order valence-electron chi connectivity index (χ2n) is 6.76. The molecule has 4 aromatic rings. The number of carbonyl (C=O) groups is 2. The molecule has 0 aliphatic carbocycles.